The summed E-state index contributed by atoms with van der Waals surface area (Å²) in [5.74, 6) is 1.90. The molecular formula is C20H32N2O4. The average molecular weight is 364 g/mol. The van der Waals surface area contributed by atoms with Crippen molar-refractivity contribution in [3.8, 4) is 17.2 Å². The van der Waals surface area contributed by atoms with Gasteiger partial charge >= 0.3 is 0 Å². The van der Waals surface area contributed by atoms with Gasteiger partial charge in [0.2, 0.25) is 11.7 Å². The minimum Gasteiger partial charge on any atom is -0.493 e. The third-order valence-corrected chi connectivity index (χ3v) is 4.99. The zero-order valence-corrected chi connectivity index (χ0v) is 16.6. The molecule has 1 saturated heterocycles. The largest absolute Gasteiger partial charge is 0.493 e. The van der Waals surface area contributed by atoms with Gasteiger partial charge in [-0.2, -0.15) is 0 Å². The van der Waals surface area contributed by atoms with Crippen LogP contribution in [0.25, 0.3) is 0 Å². The molecule has 0 aromatic heterocycles. The highest BCUT2D eigenvalue weighted by molar-refractivity contribution is 5.76. The predicted octanol–water partition coefficient (Wildman–Crippen LogP) is 2.63. The van der Waals surface area contributed by atoms with Crippen molar-refractivity contribution < 1.29 is 19.0 Å². The molecule has 1 fully saturated rings. The minimum absolute atomic E-state index is 0.0988. The number of nitrogens with one attached hydrogen (secondary N) is 1. The Hall–Kier alpha value is -1.95. The number of methoxy groups -OCH3 is 3. The number of benzene rings is 1. The highest BCUT2D eigenvalue weighted by Gasteiger charge is 2.22. The number of carbonyl (C=O) groups is 1. The van der Waals surface area contributed by atoms with E-state index in [1.165, 1.54) is 0 Å². The second-order valence-corrected chi connectivity index (χ2v) is 7.01. The zero-order valence-electron chi connectivity index (χ0n) is 16.6. The Morgan fingerprint density at radius 1 is 1.12 bits per heavy atom. The normalized spacial score (nSPS) is 15.8. The van der Waals surface area contributed by atoms with Gasteiger partial charge in [0.1, 0.15) is 0 Å². The number of nitrogens with zero attached hydrogens (tertiary/aromatic N) is 1. The quantitative estimate of drug-likeness (QED) is 0.768. The summed E-state index contributed by atoms with van der Waals surface area (Å²) in [6.07, 6.45) is 3.12. The lowest BCUT2D eigenvalue weighted by Gasteiger charge is -2.34. The zero-order chi connectivity index (χ0) is 19.1. The standard InChI is InChI=1S/C20H32N2O4/c1-14(2)22-10-8-16(9-11-22)21-19(23)7-6-15-12-17(24-3)20(26-5)18(13-15)25-4/h12-14,16H,6-11H2,1-5H3,(H,21,23). The van der Waals surface area contributed by atoms with E-state index in [9.17, 15) is 4.79 Å². The third-order valence-electron chi connectivity index (χ3n) is 4.99. The Kier molecular flexibility index (Phi) is 7.57. The lowest BCUT2D eigenvalue weighted by atomic mass is 10.0. The molecule has 146 valence electrons. The Bertz CT molecular complexity index is 570. The minimum atomic E-state index is 0.0988. The highest BCUT2D eigenvalue weighted by Crippen LogP contribution is 2.38. The van der Waals surface area contributed by atoms with Crippen LogP contribution in [0.1, 0.15) is 38.7 Å². The lowest BCUT2D eigenvalue weighted by Crippen LogP contribution is -2.46. The number of carbonyl (C=O) groups excluding carboxylic acids is 1. The van der Waals surface area contributed by atoms with Crippen LogP contribution in [0.15, 0.2) is 12.1 Å². The molecule has 1 heterocycles. The summed E-state index contributed by atoms with van der Waals surface area (Å²) in [7, 11) is 4.77. The summed E-state index contributed by atoms with van der Waals surface area (Å²) in [5, 5.41) is 3.18. The van der Waals surface area contributed by atoms with Gasteiger partial charge in [0.15, 0.2) is 11.5 Å². The maximum atomic E-state index is 12.3. The number of amides is 1. The first kappa shape index (κ1) is 20.4. The molecule has 0 atom stereocenters. The van der Waals surface area contributed by atoms with Gasteiger partial charge in [0.25, 0.3) is 0 Å². The Labute approximate surface area is 156 Å². The highest BCUT2D eigenvalue weighted by atomic mass is 16.5. The van der Waals surface area contributed by atoms with Crippen molar-refractivity contribution >= 4 is 5.91 Å². The van der Waals surface area contributed by atoms with Crippen molar-refractivity contribution in [3.05, 3.63) is 17.7 Å². The number of rotatable bonds is 8. The van der Waals surface area contributed by atoms with Gasteiger partial charge in [0.05, 0.1) is 21.3 Å². The van der Waals surface area contributed by atoms with E-state index in [-0.39, 0.29) is 11.9 Å². The first-order valence-corrected chi connectivity index (χ1v) is 9.30. The van der Waals surface area contributed by atoms with Gasteiger partial charge < -0.3 is 24.4 Å². The summed E-state index contributed by atoms with van der Waals surface area (Å²) < 4.78 is 16.1. The topological polar surface area (TPSA) is 60.0 Å². The number of ether oxygens (including phenoxy) is 3. The second kappa shape index (κ2) is 9.67. The monoisotopic (exact) mass is 364 g/mol. The van der Waals surface area contributed by atoms with Crippen molar-refractivity contribution in [1.82, 2.24) is 10.2 Å². The molecule has 0 saturated carbocycles. The molecule has 1 aliphatic heterocycles. The van der Waals surface area contributed by atoms with Crippen LogP contribution in [0.4, 0.5) is 0 Å². The molecule has 1 aliphatic rings. The molecule has 1 N–H and O–H groups in total. The number of likely N-dealkylation sites (tertiary alicyclic amines) is 1. The molecule has 0 radical (unpaired) electrons. The van der Waals surface area contributed by atoms with Crippen LogP contribution in [0, 0.1) is 0 Å². The summed E-state index contributed by atoms with van der Waals surface area (Å²) in [6.45, 7) is 6.54. The fourth-order valence-electron chi connectivity index (χ4n) is 3.40. The maximum absolute atomic E-state index is 12.3. The number of aryl methyl sites for hydroxylation is 1. The van der Waals surface area contributed by atoms with Crippen LogP contribution >= 0.6 is 0 Å². The van der Waals surface area contributed by atoms with Gasteiger partial charge in [-0.05, 0) is 50.8 Å². The van der Waals surface area contributed by atoms with Crippen molar-refractivity contribution in [2.45, 2.75) is 51.6 Å². The molecule has 6 heteroatoms. The average Bonchev–Trinajstić information content (AvgIpc) is 2.65. The van der Waals surface area contributed by atoms with E-state index in [1.807, 2.05) is 12.1 Å². The lowest BCUT2D eigenvalue weighted by molar-refractivity contribution is -0.122. The van der Waals surface area contributed by atoms with E-state index in [2.05, 4.69) is 24.1 Å². The molecule has 0 spiro atoms. The van der Waals surface area contributed by atoms with Crippen LogP contribution in [-0.4, -0.2) is 57.3 Å². The Morgan fingerprint density at radius 3 is 2.15 bits per heavy atom. The van der Waals surface area contributed by atoms with Gasteiger partial charge in [-0.1, -0.05) is 0 Å². The smallest absolute Gasteiger partial charge is 0.220 e. The number of hydrogen-bond donors (Lipinski definition) is 1. The summed E-state index contributed by atoms with van der Waals surface area (Å²) in [6, 6.07) is 4.66. The van der Waals surface area contributed by atoms with E-state index >= 15 is 0 Å². The third kappa shape index (κ3) is 5.27. The Balaban J connectivity index is 1.87. The van der Waals surface area contributed by atoms with Gasteiger partial charge in [-0.25, -0.2) is 0 Å². The first-order chi connectivity index (χ1) is 12.5. The van der Waals surface area contributed by atoms with Crippen LogP contribution in [0.5, 0.6) is 17.2 Å². The summed E-state index contributed by atoms with van der Waals surface area (Å²) in [5.41, 5.74) is 0.990. The van der Waals surface area contributed by atoms with E-state index in [0.717, 1.165) is 31.5 Å². The molecule has 6 nitrogen and oxygen atoms in total. The molecule has 1 amide bonds. The fraction of sp³-hybridized carbons (Fsp3) is 0.650. The van der Waals surface area contributed by atoms with E-state index < -0.39 is 0 Å². The molecular weight excluding hydrogens is 332 g/mol. The van der Waals surface area contributed by atoms with Crippen LogP contribution in [0.3, 0.4) is 0 Å². The second-order valence-electron chi connectivity index (χ2n) is 7.01. The summed E-state index contributed by atoms with van der Waals surface area (Å²) in [4.78, 5) is 14.8. The first-order valence-electron chi connectivity index (χ1n) is 9.30. The molecule has 1 aromatic carbocycles. The number of hydrogen-bond acceptors (Lipinski definition) is 5. The fourth-order valence-corrected chi connectivity index (χ4v) is 3.40. The predicted molar refractivity (Wildman–Crippen MR) is 102 cm³/mol. The van der Waals surface area contributed by atoms with Crippen LogP contribution in [0.2, 0.25) is 0 Å². The van der Waals surface area contributed by atoms with Crippen molar-refractivity contribution in [2.75, 3.05) is 34.4 Å². The maximum Gasteiger partial charge on any atom is 0.220 e. The number of piperidine rings is 1. The molecule has 0 aliphatic carbocycles. The van der Waals surface area contributed by atoms with Crippen molar-refractivity contribution in [2.24, 2.45) is 0 Å². The van der Waals surface area contributed by atoms with E-state index in [4.69, 9.17) is 14.2 Å². The van der Waals surface area contributed by atoms with Crippen molar-refractivity contribution in [3.63, 3.8) is 0 Å². The van der Waals surface area contributed by atoms with Crippen LogP contribution in [-0.2, 0) is 11.2 Å². The van der Waals surface area contributed by atoms with Gasteiger partial charge in [-0.3, -0.25) is 4.79 Å². The SMILES string of the molecule is COc1cc(CCC(=O)NC2CCN(C(C)C)CC2)cc(OC)c1OC. The van der Waals surface area contributed by atoms with E-state index in [0.29, 0.717) is 36.1 Å². The van der Waals surface area contributed by atoms with Crippen LogP contribution < -0.4 is 19.5 Å². The van der Waals surface area contributed by atoms with Gasteiger partial charge in [-0.15, -0.1) is 0 Å². The van der Waals surface area contributed by atoms with Crippen molar-refractivity contribution in [1.29, 1.82) is 0 Å². The molecule has 26 heavy (non-hydrogen) atoms. The van der Waals surface area contributed by atoms with E-state index in [1.54, 1.807) is 21.3 Å². The summed E-state index contributed by atoms with van der Waals surface area (Å²) >= 11 is 0. The molecule has 0 unspecified atom stereocenters. The molecule has 0 bridgehead atoms. The molecule has 2 rings (SSSR count). The Morgan fingerprint density at radius 2 is 1.69 bits per heavy atom. The van der Waals surface area contributed by atoms with Gasteiger partial charge in [0, 0.05) is 31.6 Å². The molecule has 1 aromatic rings.